The molecule has 0 aliphatic carbocycles. The fourth-order valence-corrected chi connectivity index (χ4v) is 4.13. The lowest BCUT2D eigenvalue weighted by Gasteiger charge is -2.04. The summed E-state index contributed by atoms with van der Waals surface area (Å²) in [4.78, 5) is 10.4. The number of carboxylic acid groups (broad SMARTS) is 1. The van der Waals surface area contributed by atoms with Crippen molar-refractivity contribution in [1.82, 2.24) is 0 Å². The van der Waals surface area contributed by atoms with E-state index in [4.69, 9.17) is 10.8 Å². The van der Waals surface area contributed by atoms with Gasteiger partial charge in [-0.25, -0.2) is 0 Å². The molecule has 3 N–H and O–H groups in total. The van der Waals surface area contributed by atoms with Crippen molar-refractivity contribution in [3.05, 3.63) is 0 Å². The lowest BCUT2D eigenvalue weighted by Crippen LogP contribution is -1.97. The van der Waals surface area contributed by atoms with Gasteiger partial charge in [-0.3, -0.25) is 4.79 Å². The van der Waals surface area contributed by atoms with Gasteiger partial charge in [0.25, 0.3) is 0 Å². The van der Waals surface area contributed by atoms with Crippen molar-refractivity contribution < 1.29 is 9.90 Å². The third-order valence-corrected chi connectivity index (χ3v) is 6.09. The molecule has 0 rings (SSSR count). The summed E-state index contributed by atoms with van der Waals surface area (Å²) >= 11 is 0. The van der Waals surface area contributed by atoms with Crippen LogP contribution in [0.3, 0.4) is 0 Å². The minimum atomic E-state index is -0.652. The SMILES string of the molecule is NCCCCCCCCCCCCCCCCCCCCCCCCCC(=O)O. The lowest BCUT2D eigenvalue weighted by molar-refractivity contribution is -0.137. The molecule has 0 aliphatic heterocycles. The van der Waals surface area contributed by atoms with Gasteiger partial charge in [-0.2, -0.15) is 0 Å². The van der Waals surface area contributed by atoms with Gasteiger partial charge >= 0.3 is 5.97 Å². The number of hydrogen-bond acceptors (Lipinski definition) is 2. The highest BCUT2D eigenvalue weighted by Crippen LogP contribution is 2.15. The number of nitrogens with two attached hydrogens (primary N) is 1. The van der Waals surface area contributed by atoms with Gasteiger partial charge in [0.1, 0.15) is 0 Å². The average Bonchev–Trinajstić information content (AvgIpc) is 2.71. The molecule has 0 aromatic heterocycles. The zero-order valence-corrected chi connectivity index (χ0v) is 19.6. The Morgan fingerprint density at radius 2 is 0.621 bits per heavy atom. The van der Waals surface area contributed by atoms with E-state index >= 15 is 0 Å². The van der Waals surface area contributed by atoms with E-state index in [1.54, 1.807) is 0 Å². The molecule has 0 radical (unpaired) electrons. The van der Waals surface area contributed by atoms with Crippen molar-refractivity contribution in [3.8, 4) is 0 Å². The molecule has 0 bridgehead atoms. The van der Waals surface area contributed by atoms with Crippen LogP contribution in [0.4, 0.5) is 0 Å². The fourth-order valence-electron chi connectivity index (χ4n) is 4.13. The van der Waals surface area contributed by atoms with Crippen molar-refractivity contribution in [3.63, 3.8) is 0 Å². The number of unbranched alkanes of at least 4 members (excludes halogenated alkanes) is 22. The van der Waals surface area contributed by atoms with E-state index in [2.05, 4.69) is 0 Å². The maximum absolute atomic E-state index is 10.4. The largest absolute Gasteiger partial charge is 0.481 e. The summed E-state index contributed by atoms with van der Waals surface area (Å²) < 4.78 is 0. The van der Waals surface area contributed by atoms with Gasteiger partial charge in [0, 0.05) is 6.42 Å². The third-order valence-electron chi connectivity index (χ3n) is 6.09. The molecule has 0 aliphatic rings. The molecular weight excluding hydrogens is 358 g/mol. The van der Waals surface area contributed by atoms with E-state index in [9.17, 15) is 4.79 Å². The highest BCUT2D eigenvalue weighted by molar-refractivity contribution is 5.66. The first kappa shape index (κ1) is 28.4. The van der Waals surface area contributed by atoms with E-state index in [0.717, 1.165) is 19.4 Å². The summed E-state index contributed by atoms with van der Waals surface area (Å²) in [7, 11) is 0. The van der Waals surface area contributed by atoms with Crippen molar-refractivity contribution in [2.24, 2.45) is 5.73 Å². The Hall–Kier alpha value is -0.570. The Morgan fingerprint density at radius 3 is 0.828 bits per heavy atom. The number of aliphatic carboxylic acids is 1. The molecule has 0 heterocycles. The number of carbonyl (C=O) groups is 1. The molecule has 3 heteroatoms. The van der Waals surface area contributed by atoms with Gasteiger partial charge in [-0.05, 0) is 19.4 Å². The zero-order valence-electron chi connectivity index (χ0n) is 19.6. The lowest BCUT2D eigenvalue weighted by atomic mass is 10.0. The second-order valence-electron chi connectivity index (χ2n) is 9.06. The second kappa shape index (κ2) is 25.5. The molecule has 0 saturated carbocycles. The van der Waals surface area contributed by atoms with Gasteiger partial charge in [-0.15, -0.1) is 0 Å². The minimum absolute atomic E-state index is 0.344. The smallest absolute Gasteiger partial charge is 0.303 e. The molecule has 0 fully saturated rings. The summed E-state index contributed by atoms with van der Waals surface area (Å²) in [5, 5.41) is 8.59. The van der Waals surface area contributed by atoms with Crippen LogP contribution < -0.4 is 5.73 Å². The summed E-state index contributed by atoms with van der Waals surface area (Å²) in [5.41, 5.74) is 5.51. The Bertz CT molecular complexity index is 320. The first-order chi connectivity index (χ1) is 14.3. The predicted molar refractivity (Wildman–Crippen MR) is 127 cm³/mol. The molecule has 0 unspecified atom stereocenters. The summed E-state index contributed by atoms with van der Waals surface area (Å²) in [6.45, 7) is 0.861. The van der Waals surface area contributed by atoms with Crippen LogP contribution >= 0.6 is 0 Å². The maximum Gasteiger partial charge on any atom is 0.303 e. The summed E-state index contributed by atoms with van der Waals surface area (Å²) in [5.74, 6) is -0.652. The van der Waals surface area contributed by atoms with Crippen LogP contribution in [-0.2, 0) is 4.79 Å². The van der Waals surface area contributed by atoms with Gasteiger partial charge in [0.05, 0.1) is 0 Å². The fraction of sp³-hybridized carbons (Fsp3) is 0.962. The van der Waals surface area contributed by atoms with Crippen LogP contribution in [0.25, 0.3) is 0 Å². The second-order valence-corrected chi connectivity index (χ2v) is 9.06. The Kier molecular flexibility index (Phi) is 25.0. The van der Waals surface area contributed by atoms with Gasteiger partial charge in [-0.1, -0.05) is 135 Å². The molecule has 0 aromatic rings. The average molecular weight is 412 g/mol. The number of carboxylic acids is 1. The van der Waals surface area contributed by atoms with Crippen LogP contribution in [0.2, 0.25) is 0 Å². The van der Waals surface area contributed by atoms with Gasteiger partial charge in [0.2, 0.25) is 0 Å². The van der Waals surface area contributed by atoms with Crippen LogP contribution in [0.15, 0.2) is 0 Å². The first-order valence-corrected chi connectivity index (χ1v) is 13.2. The molecule has 0 saturated heterocycles. The van der Waals surface area contributed by atoms with Crippen molar-refractivity contribution in [2.45, 2.75) is 154 Å². The predicted octanol–water partition coefficient (Wildman–Crippen LogP) is 8.39. The summed E-state index contributed by atoms with van der Waals surface area (Å²) in [6, 6.07) is 0. The quantitative estimate of drug-likeness (QED) is 0.148. The van der Waals surface area contributed by atoms with Crippen molar-refractivity contribution >= 4 is 5.97 Å². The van der Waals surface area contributed by atoms with Crippen LogP contribution in [0.1, 0.15) is 154 Å². The molecule has 0 spiro atoms. The van der Waals surface area contributed by atoms with Gasteiger partial charge < -0.3 is 10.8 Å². The molecular formula is C26H53NO2. The normalized spacial score (nSPS) is 11.2. The highest BCUT2D eigenvalue weighted by atomic mass is 16.4. The number of rotatable bonds is 25. The monoisotopic (exact) mass is 411 g/mol. The standard InChI is InChI=1S/C26H53NO2/c27-25-23-21-19-17-15-13-11-9-7-5-3-1-2-4-6-8-10-12-14-16-18-20-22-24-26(28)29/h1-25,27H2,(H,28,29). The topological polar surface area (TPSA) is 63.3 Å². The minimum Gasteiger partial charge on any atom is -0.481 e. The highest BCUT2D eigenvalue weighted by Gasteiger charge is 1.97. The van der Waals surface area contributed by atoms with Crippen LogP contribution in [0.5, 0.6) is 0 Å². The van der Waals surface area contributed by atoms with E-state index in [1.165, 1.54) is 135 Å². The van der Waals surface area contributed by atoms with Crippen molar-refractivity contribution in [1.29, 1.82) is 0 Å². The number of hydrogen-bond donors (Lipinski definition) is 2. The maximum atomic E-state index is 10.4. The summed E-state index contributed by atoms with van der Waals surface area (Å²) in [6.07, 6.45) is 31.4. The zero-order chi connectivity index (χ0) is 21.3. The first-order valence-electron chi connectivity index (χ1n) is 13.2. The molecule has 29 heavy (non-hydrogen) atoms. The van der Waals surface area contributed by atoms with E-state index < -0.39 is 5.97 Å². The van der Waals surface area contributed by atoms with E-state index in [0.29, 0.717) is 6.42 Å². The molecule has 0 amide bonds. The molecule has 0 atom stereocenters. The Balaban J connectivity index is 2.99. The van der Waals surface area contributed by atoms with E-state index in [1.807, 2.05) is 0 Å². The Labute approximate surface area is 182 Å². The van der Waals surface area contributed by atoms with Crippen LogP contribution in [0, 0.1) is 0 Å². The van der Waals surface area contributed by atoms with Gasteiger partial charge in [0.15, 0.2) is 0 Å². The molecule has 3 nitrogen and oxygen atoms in total. The third kappa shape index (κ3) is 27.4. The van der Waals surface area contributed by atoms with Crippen molar-refractivity contribution in [2.75, 3.05) is 6.54 Å². The molecule has 0 aromatic carbocycles. The Morgan fingerprint density at radius 1 is 0.414 bits per heavy atom. The van der Waals surface area contributed by atoms with E-state index in [-0.39, 0.29) is 0 Å². The molecule has 174 valence electrons. The van der Waals surface area contributed by atoms with Crippen LogP contribution in [-0.4, -0.2) is 17.6 Å².